The van der Waals surface area contributed by atoms with E-state index in [0.717, 1.165) is 5.56 Å². The molecule has 0 heterocycles. The van der Waals surface area contributed by atoms with Crippen molar-refractivity contribution in [2.75, 3.05) is 13.7 Å². The Morgan fingerprint density at radius 1 is 1.28 bits per heavy atom. The molecule has 0 unspecified atom stereocenters. The van der Waals surface area contributed by atoms with Gasteiger partial charge in [0, 0.05) is 17.6 Å². The van der Waals surface area contributed by atoms with Crippen molar-refractivity contribution >= 4 is 5.97 Å². The molecular formula is C14H21NO3. The minimum atomic E-state index is -0.381. The van der Waals surface area contributed by atoms with E-state index in [0.29, 0.717) is 12.3 Å². The van der Waals surface area contributed by atoms with Gasteiger partial charge in [-0.25, -0.2) is 4.79 Å². The predicted molar refractivity (Wildman–Crippen MR) is 70.5 cm³/mol. The van der Waals surface area contributed by atoms with Gasteiger partial charge in [-0.1, -0.05) is 18.2 Å². The fraction of sp³-hybridized carbons (Fsp3) is 0.500. The van der Waals surface area contributed by atoms with Crippen LogP contribution < -0.4 is 10.1 Å². The Balaban J connectivity index is 2.64. The highest BCUT2D eigenvalue weighted by molar-refractivity contribution is 5.70. The monoisotopic (exact) mass is 251 g/mol. The summed E-state index contributed by atoms with van der Waals surface area (Å²) in [6, 6.07) is 7.66. The molecule has 100 valence electrons. The molecule has 0 spiro atoms. The number of hydrogen-bond acceptors (Lipinski definition) is 4. The summed E-state index contributed by atoms with van der Waals surface area (Å²) >= 11 is 0. The largest absolute Gasteiger partial charge is 0.482 e. The maximum Gasteiger partial charge on any atom is 0.343 e. The molecule has 0 saturated carbocycles. The maximum atomic E-state index is 11.1. The molecule has 0 aliphatic heterocycles. The number of carbonyl (C=O) groups is 1. The van der Waals surface area contributed by atoms with E-state index in [1.54, 1.807) is 0 Å². The second-order valence-electron chi connectivity index (χ2n) is 5.08. The first-order chi connectivity index (χ1) is 8.42. The molecule has 1 aromatic carbocycles. The van der Waals surface area contributed by atoms with Crippen LogP contribution in [0.1, 0.15) is 26.3 Å². The highest BCUT2D eigenvalue weighted by atomic mass is 16.6. The molecule has 0 amide bonds. The number of para-hydroxylation sites is 1. The molecule has 0 aliphatic carbocycles. The first-order valence-electron chi connectivity index (χ1n) is 5.95. The Bertz CT molecular complexity index is 396. The van der Waals surface area contributed by atoms with Crippen molar-refractivity contribution in [2.24, 2.45) is 0 Å². The number of esters is 1. The summed E-state index contributed by atoms with van der Waals surface area (Å²) in [6.07, 6.45) is 0. The minimum absolute atomic E-state index is 0.0372. The molecule has 0 atom stereocenters. The van der Waals surface area contributed by atoms with Crippen LogP contribution in [-0.2, 0) is 16.1 Å². The van der Waals surface area contributed by atoms with E-state index in [-0.39, 0.29) is 18.1 Å². The number of carbonyl (C=O) groups excluding carboxylic acids is 1. The highest BCUT2D eigenvalue weighted by Crippen LogP contribution is 2.18. The number of nitrogens with one attached hydrogen (secondary N) is 1. The first-order valence-corrected chi connectivity index (χ1v) is 5.95. The molecule has 1 N–H and O–H groups in total. The Morgan fingerprint density at radius 2 is 1.94 bits per heavy atom. The molecule has 1 aromatic rings. The summed E-state index contributed by atoms with van der Waals surface area (Å²) in [4.78, 5) is 11.1. The SMILES string of the molecule is COC(=O)COc1ccccc1CNC(C)(C)C. The van der Waals surface area contributed by atoms with Gasteiger partial charge in [0.25, 0.3) is 0 Å². The van der Waals surface area contributed by atoms with Gasteiger partial charge in [0.15, 0.2) is 6.61 Å². The molecule has 0 fully saturated rings. The van der Waals surface area contributed by atoms with Crippen LogP contribution in [0.25, 0.3) is 0 Å². The number of hydrogen-bond donors (Lipinski definition) is 1. The summed E-state index contributed by atoms with van der Waals surface area (Å²) in [5, 5.41) is 3.38. The zero-order chi connectivity index (χ0) is 13.6. The van der Waals surface area contributed by atoms with Crippen LogP contribution in [0, 0.1) is 0 Å². The summed E-state index contributed by atoms with van der Waals surface area (Å²) < 4.78 is 9.99. The van der Waals surface area contributed by atoms with Crippen molar-refractivity contribution in [1.82, 2.24) is 5.32 Å². The molecule has 4 nitrogen and oxygen atoms in total. The van der Waals surface area contributed by atoms with E-state index in [9.17, 15) is 4.79 Å². The van der Waals surface area contributed by atoms with E-state index >= 15 is 0 Å². The number of benzene rings is 1. The molecule has 18 heavy (non-hydrogen) atoms. The molecule has 0 saturated heterocycles. The van der Waals surface area contributed by atoms with E-state index in [1.165, 1.54) is 7.11 Å². The third-order valence-corrected chi connectivity index (χ3v) is 2.35. The van der Waals surface area contributed by atoms with Crippen molar-refractivity contribution in [3.63, 3.8) is 0 Å². The number of ether oxygens (including phenoxy) is 2. The lowest BCUT2D eigenvalue weighted by atomic mass is 10.1. The molecular weight excluding hydrogens is 230 g/mol. The van der Waals surface area contributed by atoms with Crippen LogP contribution in [0.3, 0.4) is 0 Å². The minimum Gasteiger partial charge on any atom is -0.482 e. The van der Waals surface area contributed by atoms with E-state index in [1.807, 2.05) is 24.3 Å². The standard InChI is InChI=1S/C14H21NO3/c1-14(2,3)15-9-11-7-5-6-8-12(11)18-10-13(16)17-4/h5-8,15H,9-10H2,1-4H3. The van der Waals surface area contributed by atoms with Gasteiger partial charge >= 0.3 is 5.97 Å². The lowest BCUT2D eigenvalue weighted by molar-refractivity contribution is -0.142. The zero-order valence-electron chi connectivity index (χ0n) is 11.4. The third-order valence-electron chi connectivity index (χ3n) is 2.35. The second-order valence-corrected chi connectivity index (χ2v) is 5.08. The number of rotatable bonds is 5. The van der Waals surface area contributed by atoms with Crippen LogP contribution in [0.4, 0.5) is 0 Å². The van der Waals surface area contributed by atoms with Gasteiger partial charge in [0.1, 0.15) is 5.75 Å². The Kier molecular flexibility index (Phi) is 5.16. The van der Waals surface area contributed by atoms with Gasteiger partial charge in [-0.2, -0.15) is 0 Å². The second kappa shape index (κ2) is 6.40. The molecule has 0 aromatic heterocycles. The van der Waals surface area contributed by atoms with Crippen molar-refractivity contribution in [1.29, 1.82) is 0 Å². The lowest BCUT2D eigenvalue weighted by Crippen LogP contribution is -2.35. The maximum absolute atomic E-state index is 11.1. The van der Waals surface area contributed by atoms with Gasteiger partial charge in [0.05, 0.1) is 7.11 Å². The van der Waals surface area contributed by atoms with Crippen molar-refractivity contribution in [2.45, 2.75) is 32.9 Å². The average Bonchev–Trinajstić information content (AvgIpc) is 2.33. The molecule has 4 heteroatoms. The fourth-order valence-electron chi connectivity index (χ4n) is 1.35. The van der Waals surface area contributed by atoms with Crippen LogP contribution in [-0.4, -0.2) is 25.2 Å². The van der Waals surface area contributed by atoms with E-state index in [2.05, 4.69) is 30.8 Å². The molecule has 0 bridgehead atoms. The topological polar surface area (TPSA) is 47.6 Å². The molecule has 1 rings (SSSR count). The Labute approximate surface area is 108 Å². The van der Waals surface area contributed by atoms with Gasteiger partial charge in [-0.15, -0.1) is 0 Å². The van der Waals surface area contributed by atoms with E-state index in [4.69, 9.17) is 4.74 Å². The van der Waals surface area contributed by atoms with Gasteiger partial charge < -0.3 is 14.8 Å². The smallest absolute Gasteiger partial charge is 0.343 e. The van der Waals surface area contributed by atoms with Crippen LogP contribution in [0.5, 0.6) is 5.75 Å². The average molecular weight is 251 g/mol. The van der Waals surface area contributed by atoms with Crippen molar-refractivity contribution in [3.05, 3.63) is 29.8 Å². The molecule has 0 radical (unpaired) electrons. The van der Waals surface area contributed by atoms with Gasteiger partial charge in [0.2, 0.25) is 0 Å². The summed E-state index contributed by atoms with van der Waals surface area (Å²) in [5.74, 6) is 0.327. The first kappa shape index (κ1) is 14.5. The normalized spacial score (nSPS) is 11.1. The number of methoxy groups -OCH3 is 1. The summed E-state index contributed by atoms with van der Waals surface area (Å²) in [5.41, 5.74) is 1.06. The van der Waals surface area contributed by atoms with E-state index < -0.39 is 0 Å². The van der Waals surface area contributed by atoms with Gasteiger partial charge in [-0.05, 0) is 26.8 Å². The third kappa shape index (κ3) is 5.19. The van der Waals surface area contributed by atoms with Gasteiger partial charge in [-0.3, -0.25) is 0 Å². The Morgan fingerprint density at radius 3 is 2.56 bits per heavy atom. The summed E-state index contributed by atoms with van der Waals surface area (Å²) in [6.45, 7) is 6.94. The lowest BCUT2D eigenvalue weighted by Gasteiger charge is -2.21. The van der Waals surface area contributed by atoms with Crippen LogP contribution in [0.2, 0.25) is 0 Å². The highest BCUT2D eigenvalue weighted by Gasteiger charge is 2.11. The van der Waals surface area contributed by atoms with Crippen molar-refractivity contribution < 1.29 is 14.3 Å². The molecule has 0 aliphatic rings. The van der Waals surface area contributed by atoms with Crippen LogP contribution in [0.15, 0.2) is 24.3 Å². The summed E-state index contributed by atoms with van der Waals surface area (Å²) in [7, 11) is 1.35. The predicted octanol–water partition coefficient (Wildman–Crippen LogP) is 2.13. The zero-order valence-corrected chi connectivity index (χ0v) is 11.4. The van der Waals surface area contributed by atoms with Crippen molar-refractivity contribution in [3.8, 4) is 5.75 Å². The quantitative estimate of drug-likeness (QED) is 0.814. The fourth-order valence-corrected chi connectivity index (χ4v) is 1.35. The Hall–Kier alpha value is -1.55. The van der Waals surface area contributed by atoms with Crippen LogP contribution >= 0.6 is 0 Å².